The molecule has 21 heavy (non-hydrogen) atoms. The number of carbonyl (C=O) groups excluding carboxylic acids is 3. The molecule has 0 spiro atoms. The molecule has 0 aromatic rings. The van der Waals surface area contributed by atoms with Crippen LogP contribution >= 0.6 is 0 Å². The summed E-state index contributed by atoms with van der Waals surface area (Å²) in [4.78, 5) is 42.7. The van der Waals surface area contributed by atoms with Crippen LogP contribution in [0.5, 0.6) is 0 Å². The fraction of sp³-hybridized carbons (Fsp3) is 0.786. The van der Waals surface area contributed by atoms with Gasteiger partial charge in [-0.05, 0) is 20.3 Å². The Hall–Kier alpha value is -1.63. The second-order valence-electron chi connectivity index (χ2n) is 5.74. The van der Waals surface area contributed by atoms with E-state index >= 15 is 0 Å². The summed E-state index contributed by atoms with van der Waals surface area (Å²) < 4.78 is 0. The van der Waals surface area contributed by atoms with Crippen molar-refractivity contribution in [1.82, 2.24) is 15.3 Å². The molecule has 1 heterocycles. The third-order valence-corrected chi connectivity index (χ3v) is 3.76. The maximum Gasteiger partial charge on any atom is 0.329 e. The van der Waals surface area contributed by atoms with Gasteiger partial charge in [0, 0.05) is 13.5 Å². The topological polar surface area (TPSA) is 79.0 Å². The summed E-state index contributed by atoms with van der Waals surface area (Å²) in [5, 5.41) is 0. The number of urea groups is 1. The Morgan fingerprint density at radius 1 is 1.24 bits per heavy atom. The summed E-state index contributed by atoms with van der Waals surface area (Å²) in [6.07, 6.45) is 4.41. The van der Waals surface area contributed by atoms with Crippen LogP contribution in [0.4, 0.5) is 4.79 Å². The molecular weight excluding hydrogens is 274 g/mol. The summed E-state index contributed by atoms with van der Waals surface area (Å²) in [5.41, 5.74) is 1.38. The number of likely N-dealkylation sites (N-methyl/N-ethyl adjacent to an activating group) is 1. The largest absolute Gasteiger partial charge is 0.329 e. The first-order valence-electron chi connectivity index (χ1n) is 7.32. The lowest BCUT2D eigenvalue weighted by Gasteiger charge is -2.22. The molecule has 1 N–H and O–H groups in total. The molecule has 1 fully saturated rings. The third kappa shape index (κ3) is 4.17. The number of hydrogen-bond acceptors (Lipinski definition) is 4. The van der Waals surface area contributed by atoms with Gasteiger partial charge in [0.25, 0.3) is 5.91 Å². The lowest BCUT2D eigenvalue weighted by Crippen LogP contribution is -2.42. The van der Waals surface area contributed by atoms with Gasteiger partial charge in [0.15, 0.2) is 6.73 Å². The number of unbranched alkanes of at least 4 members (excludes halogenated alkanes) is 3. The van der Waals surface area contributed by atoms with Gasteiger partial charge >= 0.3 is 6.03 Å². The van der Waals surface area contributed by atoms with Crippen LogP contribution in [-0.4, -0.2) is 47.0 Å². The van der Waals surface area contributed by atoms with Crippen molar-refractivity contribution in [3.63, 3.8) is 0 Å². The molecule has 0 unspecified atom stereocenters. The monoisotopic (exact) mass is 299 g/mol. The number of hydrogen-bond donors (Lipinski definition) is 1. The summed E-state index contributed by atoms with van der Waals surface area (Å²) in [6, 6.07) is -0.429. The van der Waals surface area contributed by atoms with Crippen LogP contribution in [0.25, 0.3) is 0 Å². The van der Waals surface area contributed by atoms with Crippen molar-refractivity contribution in [2.24, 2.45) is 0 Å². The van der Waals surface area contributed by atoms with Crippen LogP contribution in [0, 0.1) is 0 Å². The van der Waals surface area contributed by atoms with Crippen LogP contribution < -0.4 is 5.48 Å². The predicted molar refractivity (Wildman–Crippen MR) is 76.9 cm³/mol. The minimum atomic E-state index is -0.884. The molecule has 1 aliphatic heterocycles. The van der Waals surface area contributed by atoms with Gasteiger partial charge in [-0.1, -0.05) is 26.2 Å². The zero-order valence-electron chi connectivity index (χ0n) is 13.3. The molecule has 0 aliphatic carbocycles. The zero-order chi connectivity index (χ0) is 16.0. The van der Waals surface area contributed by atoms with Crippen LogP contribution in [-0.2, 0) is 14.4 Å². The molecule has 1 rings (SSSR count). The molecule has 1 aliphatic rings. The Kier molecular flexibility index (Phi) is 6.14. The quantitative estimate of drug-likeness (QED) is 0.420. The number of carbonyl (C=O) groups is 3. The zero-order valence-corrected chi connectivity index (χ0v) is 13.3. The molecule has 4 amide bonds. The minimum absolute atomic E-state index is 0.238. The molecule has 120 valence electrons. The Bertz CT molecular complexity index is 409. The highest BCUT2D eigenvalue weighted by molar-refractivity contribution is 6.06. The Balaban J connectivity index is 2.31. The predicted octanol–water partition coefficient (Wildman–Crippen LogP) is 1.63. The smallest absolute Gasteiger partial charge is 0.313 e. The number of amides is 4. The first-order chi connectivity index (χ1) is 9.82. The van der Waals surface area contributed by atoms with Crippen LogP contribution in [0.1, 0.15) is 52.9 Å². The van der Waals surface area contributed by atoms with Gasteiger partial charge in [-0.15, -0.1) is 0 Å². The number of imide groups is 1. The molecular formula is C14H25N3O4. The van der Waals surface area contributed by atoms with Gasteiger partial charge in [0.2, 0.25) is 5.91 Å². The maximum atomic E-state index is 12.0. The number of nitrogens with zero attached hydrogens (tertiary/aromatic N) is 2. The summed E-state index contributed by atoms with van der Waals surface area (Å²) >= 11 is 0. The van der Waals surface area contributed by atoms with Crippen molar-refractivity contribution in [3.8, 4) is 0 Å². The standard InChI is InChI=1S/C14H25N3O4/c1-5-6-7-8-9-11(18)15-21-10-17-12(19)14(2,3)16(4)13(17)20/h5-10H2,1-4H3,(H,15,18). The lowest BCUT2D eigenvalue weighted by atomic mass is 10.1. The van der Waals surface area contributed by atoms with E-state index in [0.29, 0.717) is 6.42 Å². The van der Waals surface area contributed by atoms with Crippen molar-refractivity contribution in [2.75, 3.05) is 13.8 Å². The lowest BCUT2D eigenvalue weighted by molar-refractivity contribution is -0.145. The van der Waals surface area contributed by atoms with E-state index in [-0.39, 0.29) is 18.5 Å². The molecule has 0 radical (unpaired) electrons. The number of nitrogens with one attached hydrogen (secondary N) is 1. The first kappa shape index (κ1) is 17.4. The Morgan fingerprint density at radius 2 is 1.90 bits per heavy atom. The van der Waals surface area contributed by atoms with E-state index in [1.165, 1.54) is 4.90 Å². The highest BCUT2D eigenvalue weighted by Crippen LogP contribution is 2.25. The molecule has 0 aromatic heterocycles. The van der Waals surface area contributed by atoms with Gasteiger partial charge in [-0.3, -0.25) is 14.4 Å². The van der Waals surface area contributed by atoms with E-state index in [1.807, 2.05) is 0 Å². The van der Waals surface area contributed by atoms with E-state index in [9.17, 15) is 14.4 Å². The van der Waals surface area contributed by atoms with Gasteiger partial charge < -0.3 is 4.90 Å². The molecule has 0 saturated carbocycles. The Labute approximate surface area is 125 Å². The normalized spacial score (nSPS) is 17.5. The molecule has 0 atom stereocenters. The van der Waals surface area contributed by atoms with E-state index in [0.717, 1.165) is 30.6 Å². The van der Waals surface area contributed by atoms with E-state index < -0.39 is 11.6 Å². The number of rotatable bonds is 8. The third-order valence-electron chi connectivity index (χ3n) is 3.76. The van der Waals surface area contributed by atoms with Gasteiger partial charge in [-0.25, -0.2) is 15.2 Å². The first-order valence-corrected chi connectivity index (χ1v) is 7.32. The van der Waals surface area contributed by atoms with Gasteiger partial charge in [-0.2, -0.15) is 0 Å². The van der Waals surface area contributed by atoms with Crippen LogP contribution in [0.3, 0.4) is 0 Å². The van der Waals surface area contributed by atoms with Crippen molar-refractivity contribution >= 4 is 17.8 Å². The van der Waals surface area contributed by atoms with Crippen molar-refractivity contribution < 1.29 is 19.2 Å². The van der Waals surface area contributed by atoms with Crippen molar-refractivity contribution in [3.05, 3.63) is 0 Å². The van der Waals surface area contributed by atoms with E-state index in [1.54, 1.807) is 20.9 Å². The van der Waals surface area contributed by atoms with Crippen molar-refractivity contribution in [2.45, 2.75) is 58.4 Å². The molecule has 0 aromatic carbocycles. The second-order valence-corrected chi connectivity index (χ2v) is 5.74. The summed E-state index contributed by atoms with van der Waals surface area (Å²) in [7, 11) is 1.56. The molecule has 0 bridgehead atoms. The molecule has 7 nitrogen and oxygen atoms in total. The van der Waals surface area contributed by atoms with Gasteiger partial charge in [0.05, 0.1) is 0 Å². The maximum absolute atomic E-state index is 12.0. The molecule has 1 saturated heterocycles. The van der Waals surface area contributed by atoms with Gasteiger partial charge in [0.1, 0.15) is 5.54 Å². The van der Waals surface area contributed by atoms with E-state index in [2.05, 4.69) is 12.4 Å². The highest BCUT2D eigenvalue weighted by Gasteiger charge is 2.49. The Morgan fingerprint density at radius 3 is 2.43 bits per heavy atom. The SMILES string of the molecule is CCCCCCC(=O)NOCN1C(=O)N(C)C(C)(C)C1=O. The fourth-order valence-corrected chi connectivity index (χ4v) is 2.04. The number of hydroxylamine groups is 1. The fourth-order valence-electron chi connectivity index (χ4n) is 2.04. The molecule has 7 heteroatoms. The summed E-state index contributed by atoms with van der Waals surface area (Å²) in [5.74, 6) is -0.579. The van der Waals surface area contributed by atoms with E-state index in [4.69, 9.17) is 4.84 Å². The second kappa shape index (κ2) is 7.40. The average Bonchev–Trinajstić information content (AvgIpc) is 2.58. The van der Waals surface area contributed by atoms with Crippen LogP contribution in [0.2, 0.25) is 0 Å². The van der Waals surface area contributed by atoms with Crippen LogP contribution in [0.15, 0.2) is 0 Å². The highest BCUT2D eigenvalue weighted by atomic mass is 16.7. The summed E-state index contributed by atoms with van der Waals surface area (Å²) in [6.45, 7) is 5.16. The average molecular weight is 299 g/mol. The minimum Gasteiger partial charge on any atom is -0.313 e. The van der Waals surface area contributed by atoms with Crippen molar-refractivity contribution in [1.29, 1.82) is 0 Å².